The Labute approximate surface area is 221 Å². The molecular weight excluding hydrogens is 537 g/mol. The summed E-state index contributed by atoms with van der Waals surface area (Å²) < 4.78 is 43.3. The molecule has 13 heteroatoms. The van der Waals surface area contributed by atoms with E-state index in [2.05, 4.69) is 33.8 Å². The number of carbonyl (C=O) groups is 1. The fraction of sp³-hybridized carbons (Fsp3) is 0.348. The number of nitrogens with two attached hydrogens (primary N) is 1. The smallest absolute Gasteiger partial charge is 0.454 e. The molecule has 2 aliphatic rings. The first-order valence-electron chi connectivity index (χ1n) is 10.8. The summed E-state index contributed by atoms with van der Waals surface area (Å²) in [5, 5.41) is 10.3. The Morgan fingerprint density at radius 3 is 2.42 bits per heavy atom. The van der Waals surface area contributed by atoms with Gasteiger partial charge < -0.3 is 31.2 Å². The molecule has 1 unspecified atom stereocenters. The number of ether oxygens (including phenoxy) is 2. The van der Waals surface area contributed by atoms with Crippen LogP contribution in [0.4, 0.5) is 13.2 Å². The zero-order valence-corrected chi connectivity index (χ0v) is 21.7. The van der Waals surface area contributed by atoms with E-state index in [1.165, 1.54) is 0 Å². The van der Waals surface area contributed by atoms with Gasteiger partial charge in [0.1, 0.15) is 9.98 Å². The molecular formula is C23H24ClF3N4O3S2. The van der Waals surface area contributed by atoms with Crippen LogP contribution in [-0.2, 0) is 11.2 Å². The molecule has 194 valence electrons. The highest BCUT2D eigenvalue weighted by Crippen LogP contribution is 2.46. The fourth-order valence-corrected chi connectivity index (χ4v) is 4.60. The monoisotopic (exact) mass is 560 g/mol. The largest absolute Gasteiger partial charge is 0.470 e. The van der Waals surface area contributed by atoms with Gasteiger partial charge >= 0.3 is 12.1 Å². The number of halogens is 4. The minimum Gasteiger partial charge on any atom is -0.454 e. The second kappa shape index (κ2) is 11.6. The van der Waals surface area contributed by atoms with Crippen LogP contribution in [0.3, 0.4) is 0 Å². The predicted molar refractivity (Wildman–Crippen MR) is 139 cm³/mol. The lowest BCUT2D eigenvalue weighted by Gasteiger charge is -2.23. The van der Waals surface area contributed by atoms with E-state index < -0.39 is 12.1 Å². The summed E-state index contributed by atoms with van der Waals surface area (Å²) in [6.07, 6.45) is -4.03. The summed E-state index contributed by atoms with van der Waals surface area (Å²) in [4.78, 5) is 10.5. The average Bonchev–Trinajstić information content (AvgIpc) is 3.22. The number of hydrogen-bond donors (Lipinski definition) is 4. The zero-order chi connectivity index (χ0) is 26.6. The molecule has 0 fully saturated rings. The van der Waals surface area contributed by atoms with Gasteiger partial charge in [-0.3, -0.25) is 4.79 Å². The molecule has 0 saturated carbocycles. The van der Waals surface area contributed by atoms with Gasteiger partial charge in [0.2, 0.25) is 6.79 Å². The highest BCUT2D eigenvalue weighted by molar-refractivity contribution is 7.81. The summed E-state index contributed by atoms with van der Waals surface area (Å²) in [7, 11) is 3.66. The highest BCUT2D eigenvalue weighted by Gasteiger charge is 2.35. The number of carbonyl (C=O) groups excluding carboxylic acids is 1. The number of fused-ring (bicyclic) bond motifs is 2. The van der Waals surface area contributed by atoms with Crippen molar-refractivity contribution in [2.24, 2.45) is 5.73 Å². The van der Waals surface area contributed by atoms with Crippen LogP contribution in [-0.4, -0.2) is 56.0 Å². The summed E-state index contributed by atoms with van der Waals surface area (Å²) >= 11 is 17.8. The first-order valence-corrected chi connectivity index (χ1v) is 11.9. The number of primary amides is 1. The molecule has 0 radical (unpaired) electrons. The number of rotatable bonds is 3. The lowest BCUT2D eigenvalue weighted by atomic mass is 9.84. The van der Waals surface area contributed by atoms with Gasteiger partial charge in [-0.2, -0.15) is 13.2 Å². The van der Waals surface area contributed by atoms with Gasteiger partial charge in [0.25, 0.3) is 0 Å². The molecule has 0 aromatic heterocycles. The molecule has 0 aliphatic carbocycles. The van der Waals surface area contributed by atoms with Gasteiger partial charge in [0, 0.05) is 37.7 Å². The van der Waals surface area contributed by atoms with Crippen molar-refractivity contribution in [3.8, 4) is 11.5 Å². The lowest BCUT2D eigenvalue weighted by Crippen LogP contribution is -2.30. The summed E-state index contributed by atoms with van der Waals surface area (Å²) in [5.41, 5.74) is 9.07. The van der Waals surface area contributed by atoms with Crippen LogP contribution in [0.1, 0.15) is 33.7 Å². The summed E-state index contributed by atoms with van der Waals surface area (Å²) in [5.74, 6) is -0.844. The molecule has 0 spiro atoms. The van der Waals surface area contributed by atoms with E-state index in [1.54, 1.807) is 0 Å². The van der Waals surface area contributed by atoms with E-state index >= 15 is 0 Å². The van der Waals surface area contributed by atoms with E-state index in [4.69, 9.17) is 50.3 Å². The molecule has 2 aromatic rings. The van der Waals surface area contributed by atoms with Crippen molar-refractivity contribution in [1.82, 2.24) is 16.0 Å². The van der Waals surface area contributed by atoms with Gasteiger partial charge in [0.05, 0.1) is 5.02 Å². The molecule has 2 aromatic carbocycles. The maximum Gasteiger partial charge on any atom is 0.470 e. The van der Waals surface area contributed by atoms with Crippen molar-refractivity contribution in [2.45, 2.75) is 18.5 Å². The maximum atomic E-state index is 10.7. The van der Waals surface area contributed by atoms with Crippen molar-refractivity contribution in [3.05, 3.63) is 57.1 Å². The number of hydrogen-bond acceptors (Lipinski definition) is 6. The van der Waals surface area contributed by atoms with Crippen LogP contribution in [0, 0.1) is 0 Å². The van der Waals surface area contributed by atoms with E-state index in [0.717, 1.165) is 47.3 Å². The second-order valence-electron chi connectivity index (χ2n) is 7.82. The molecule has 0 bridgehead atoms. The average molecular weight is 561 g/mol. The van der Waals surface area contributed by atoms with E-state index in [0.29, 0.717) is 26.5 Å². The molecule has 1 atom stereocenters. The first kappa shape index (κ1) is 27.9. The summed E-state index contributed by atoms with van der Waals surface area (Å²) in [6.45, 7) is 1.82. The van der Waals surface area contributed by atoms with Crippen LogP contribution in [0.25, 0.3) is 0 Å². The van der Waals surface area contributed by atoms with E-state index in [9.17, 15) is 13.2 Å². The number of alkyl halides is 3. The van der Waals surface area contributed by atoms with Gasteiger partial charge in [0.15, 0.2) is 11.5 Å². The Hall–Kier alpha value is -2.67. The van der Waals surface area contributed by atoms with Crippen molar-refractivity contribution >= 4 is 51.9 Å². The van der Waals surface area contributed by atoms with E-state index in [1.807, 2.05) is 26.2 Å². The Bertz CT molecular complexity index is 1190. The van der Waals surface area contributed by atoms with Crippen molar-refractivity contribution < 1.29 is 27.4 Å². The second-order valence-corrected chi connectivity index (χ2v) is 9.02. The molecule has 36 heavy (non-hydrogen) atoms. The number of thiocarbonyl (C=S) groups is 2. The van der Waals surface area contributed by atoms with Crippen LogP contribution in [0.5, 0.6) is 11.5 Å². The minimum atomic E-state index is -4.86. The van der Waals surface area contributed by atoms with Crippen LogP contribution >= 0.6 is 36.0 Å². The molecule has 2 heterocycles. The van der Waals surface area contributed by atoms with Crippen molar-refractivity contribution in [1.29, 1.82) is 0 Å². The predicted octanol–water partition coefficient (Wildman–Crippen LogP) is 3.17. The Morgan fingerprint density at radius 2 is 1.81 bits per heavy atom. The molecule has 1 amide bonds. The van der Waals surface area contributed by atoms with Gasteiger partial charge in [-0.05, 0) is 41.8 Å². The van der Waals surface area contributed by atoms with Crippen molar-refractivity contribution in [3.63, 3.8) is 0 Å². The normalized spacial score (nSPS) is 16.1. The maximum absolute atomic E-state index is 10.7. The van der Waals surface area contributed by atoms with E-state index in [-0.39, 0.29) is 12.7 Å². The molecule has 4 rings (SSSR count). The third kappa shape index (κ3) is 6.00. The molecule has 0 saturated heterocycles. The summed E-state index contributed by atoms with van der Waals surface area (Å²) in [6, 6.07) is 8.26. The highest BCUT2D eigenvalue weighted by atomic mass is 35.5. The first-order chi connectivity index (χ1) is 17.0. The third-order valence-corrected chi connectivity index (χ3v) is 6.95. The Morgan fingerprint density at radius 1 is 1.14 bits per heavy atom. The molecule has 5 N–H and O–H groups in total. The minimum absolute atomic E-state index is 0.0676. The van der Waals surface area contributed by atoms with Gasteiger partial charge in [-0.1, -0.05) is 48.2 Å². The van der Waals surface area contributed by atoms with Crippen LogP contribution in [0.2, 0.25) is 5.02 Å². The quantitative estimate of drug-likeness (QED) is 0.425. The zero-order valence-electron chi connectivity index (χ0n) is 19.3. The Kier molecular flexibility index (Phi) is 8.98. The number of amides is 1. The lowest BCUT2D eigenvalue weighted by molar-refractivity contribution is -0.169. The van der Waals surface area contributed by atoms with Crippen LogP contribution < -0.4 is 31.2 Å². The third-order valence-electron chi connectivity index (χ3n) is 5.69. The van der Waals surface area contributed by atoms with Gasteiger partial charge in [-0.15, -0.1) is 0 Å². The number of nitrogens with one attached hydrogen (secondary N) is 3. The molecule has 2 aliphatic heterocycles. The van der Waals surface area contributed by atoms with Gasteiger partial charge in [-0.25, -0.2) is 0 Å². The topological polar surface area (TPSA) is 97.6 Å². The standard InChI is InChI=1S/C21H22ClN3O2S2.C2H2F3NO/c1-23-20(28)11-3-4-12(15(7-11)21(29)24-2)16-9-25-6-5-13-14(16)8-17-19(18(13)22)27-10-26-17;3-2(4,5)1(6)7/h3-4,7-8,16,25H,5-6,9-10H2,1-2H3,(H,23,28)(H,24,29);(H2,6,7). The SMILES string of the molecule is CNC(=S)c1ccc(C2CNCCc3c2cc2c(c3Cl)OCO2)c(C(=S)NC)c1.NC(=O)C(F)(F)F. The Balaban J connectivity index is 0.000000454. The molecule has 7 nitrogen and oxygen atoms in total. The fourth-order valence-electron chi connectivity index (χ4n) is 3.95. The number of benzene rings is 2. The van der Waals surface area contributed by atoms with Crippen molar-refractivity contribution in [2.75, 3.05) is 34.0 Å². The van der Waals surface area contributed by atoms with Crippen LogP contribution in [0.15, 0.2) is 24.3 Å².